The van der Waals surface area contributed by atoms with Crippen molar-refractivity contribution in [1.29, 1.82) is 0 Å². The van der Waals surface area contributed by atoms with Crippen LogP contribution in [0.5, 0.6) is 0 Å². The van der Waals surface area contributed by atoms with Crippen molar-refractivity contribution in [3.8, 4) is 5.69 Å². The zero-order valence-corrected chi connectivity index (χ0v) is 17.0. The van der Waals surface area contributed by atoms with Crippen LogP contribution in [0.3, 0.4) is 0 Å². The fourth-order valence-electron chi connectivity index (χ4n) is 3.53. The zero-order valence-electron chi connectivity index (χ0n) is 17.0. The van der Waals surface area contributed by atoms with Gasteiger partial charge in [0.1, 0.15) is 0 Å². The highest BCUT2D eigenvalue weighted by Crippen LogP contribution is 2.27. The molecule has 0 bridgehead atoms. The average Bonchev–Trinajstić information content (AvgIpc) is 3.29. The van der Waals surface area contributed by atoms with Gasteiger partial charge < -0.3 is 16.0 Å². The van der Waals surface area contributed by atoms with Crippen molar-refractivity contribution in [1.82, 2.24) is 20.0 Å². The molecule has 3 N–H and O–H groups in total. The summed E-state index contributed by atoms with van der Waals surface area (Å²) in [5, 5.41) is 7.13. The van der Waals surface area contributed by atoms with Crippen molar-refractivity contribution in [2.24, 2.45) is 5.73 Å². The van der Waals surface area contributed by atoms with Gasteiger partial charge in [-0.15, -0.1) is 0 Å². The number of rotatable bonds is 8. The van der Waals surface area contributed by atoms with E-state index in [1.165, 1.54) is 6.20 Å². The van der Waals surface area contributed by atoms with E-state index in [4.69, 9.17) is 5.73 Å². The molecule has 1 atom stereocenters. The van der Waals surface area contributed by atoms with Crippen LogP contribution in [0, 0.1) is 6.92 Å². The first-order valence-corrected chi connectivity index (χ1v) is 10.1. The molecule has 0 radical (unpaired) electrons. The zero-order chi connectivity index (χ0) is 21.7. The summed E-state index contributed by atoms with van der Waals surface area (Å²) < 4.78 is 28.2. The number of alkyl halides is 2. The minimum atomic E-state index is -2.81. The van der Waals surface area contributed by atoms with Crippen LogP contribution in [0.4, 0.5) is 8.78 Å². The second kappa shape index (κ2) is 9.34. The summed E-state index contributed by atoms with van der Waals surface area (Å²) in [5.74, 6) is -3.46. The first kappa shape index (κ1) is 21.9. The number of likely N-dealkylation sites (tertiary alicyclic amines) is 1. The number of hydrogen-bond acceptors (Lipinski definition) is 4. The van der Waals surface area contributed by atoms with Crippen molar-refractivity contribution in [3.05, 3.63) is 47.8 Å². The SMILES string of the molecule is Cc1c(C(=O)NCCCC[C@H](N)C(=O)N2CCC(F)(F)C2)cnn1-c1ccccc1. The Hall–Kier alpha value is -2.81. The lowest BCUT2D eigenvalue weighted by molar-refractivity contribution is -0.133. The van der Waals surface area contributed by atoms with E-state index in [0.29, 0.717) is 31.4 Å². The lowest BCUT2D eigenvalue weighted by atomic mass is 10.1. The highest BCUT2D eigenvalue weighted by Gasteiger charge is 2.41. The molecular formula is C21H27F2N5O2. The third-order valence-electron chi connectivity index (χ3n) is 5.28. The second-order valence-corrected chi connectivity index (χ2v) is 7.61. The van der Waals surface area contributed by atoms with Gasteiger partial charge in [0.25, 0.3) is 11.8 Å². The number of carbonyl (C=O) groups excluding carboxylic acids is 2. The minimum Gasteiger partial charge on any atom is -0.352 e. The molecule has 162 valence electrons. The Labute approximate surface area is 174 Å². The number of nitrogens with zero attached hydrogens (tertiary/aromatic N) is 3. The molecule has 0 aliphatic carbocycles. The second-order valence-electron chi connectivity index (χ2n) is 7.61. The molecule has 9 heteroatoms. The fourth-order valence-corrected chi connectivity index (χ4v) is 3.53. The van der Waals surface area contributed by atoms with Gasteiger partial charge in [0, 0.05) is 19.5 Å². The summed E-state index contributed by atoms with van der Waals surface area (Å²) in [6.07, 6.45) is 2.87. The summed E-state index contributed by atoms with van der Waals surface area (Å²) in [7, 11) is 0. The highest BCUT2D eigenvalue weighted by molar-refractivity contribution is 5.95. The van der Waals surface area contributed by atoms with Crippen molar-refractivity contribution in [2.75, 3.05) is 19.6 Å². The standard InChI is InChI=1S/C21H27F2N5O2/c1-15-17(13-26-28(15)16-7-3-2-4-8-16)19(29)25-11-6-5-9-18(24)20(30)27-12-10-21(22,23)14-27/h2-4,7-8,13,18H,5-6,9-12,14,24H2,1H3,(H,25,29)/t18-/m0/s1. The lowest BCUT2D eigenvalue weighted by Crippen LogP contribution is -2.43. The number of amides is 2. The molecule has 1 aliphatic rings. The van der Waals surface area contributed by atoms with Crippen LogP contribution in [0.2, 0.25) is 0 Å². The minimum absolute atomic E-state index is 0.0472. The largest absolute Gasteiger partial charge is 0.352 e. The van der Waals surface area contributed by atoms with E-state index < -0.39 is 24.4 Å². The number of para-hydroxylation sites is 1. The Morgan fingerprint density at radius 2 is 2.00 bits per heavy atom. The summed E-state index contributed by atoms with van der Waals surface area (Å²) >= 11 is 0. The van der Waals surface area contributed by atoms with Crippen molar-refractivity contribution < 1.29 is 18.4 Å². The van der Waals surface area contributed by atoms with Crippen LogP contribution in [0.1, 0.15) is 41.7 Å². The number of nitrogens with one attached hydrogen (secondary N) is 1. The molecule has 0 unspecified atom stereocenters. The number of aromatic nitrogens is 2. The van der Waals surface area contributed by atoms with Gasteiger partial charge in [-0.05, 0) is 38.3 Å². The molecular weight excluding hydrogens is 392 g/mol. The third-order valence-corrected chi connectivity index (χ3v) is 5.28. The number of unbranched alkanes of at least 4 members (excludes halogenated alkanes) is 1. The highest BCUT2D eigenvalue weighted by atomic mass is 19.3. The number of halogens is 2. The average molecular weight is 419 g/mol. The summed E-state index contributed by atoms with van der Waals surface area (Å²) in [6, 6.07) is 8.75. The first-order valence-electron chi connectivity index (χ1n) is 10.1. The number of carbonyl (C=O) groups is 2. The van der Waals surface area contributed by atoms with Crippen LogP contribution < -0.4 is 11.1 Å². The molecule has 0 spiro atoms. The van der Waals surface area contributed by atoms with Crippen LogP contribution in [0.15, 0.2) is 36.5 Å². The van der Waals surface area contributed by atoms with Gasteiger partial charge in [-0.1, -0.05) is 18.2 Å². The van der Waals surface area contributed by atoms with Gasteiger partial charge in [-0.2, -0.15) is 5.10 Å². The molecule has 1 aromatic heterocycles. The van der Waals surface area contributed by atoms with E-state index >= 15 is 0 Å². The molecule has 1 aliphatic heterocycles. The topological polar surface area (TPSA) is 93.2 Å². The molecule has 1 aromatic carbocycles. The maximum Gasteiger partial charge on any atom is 0.267 e. The van der Waals surface area contributed by atoms with Crippen LogP contribution in [-0.4, -0.2) is 58.1 Å². The van der Waals surface area contributed by atoms with E-state index in [-0.39, 0.29) is 18.9 Å². The Balaban J connectivity index is 1.40. The third kappa shape index (κ3) is 5.21. The Morgan fingerprint density at radius 3 is 2.67 bits per heavy atom. The van der Waals surface area contributed by atoms with E-state index in [9.17, 15) is 18.4 Å². The molecule has 1 saturated heterocycles. The normalized spacial score (nSPS) is 16.5. The molecule has 0 saturated carbocycles. The summed E-state index contributed by atoms with van der Waals surface area (Å²) in [5.41, 5.74) is 7.99. The van der Waals surface area contributed by atoms with Crippen LogP contribution >= 0.6 is 0 Å². The number of nitrogens with two attached hydrogens (primary N) is 1. The van der Waals surface area contributed by atoms with Crippen molar-refractivity contribution in [2.45, 2.75) is 44.6 Å². The summed E-state index contributed by atoms with van der Waals surface area (Å²) in [6.45, 7) is 1.76. The van der Waals surface area contributed by atoms with Crippen LogP contribution in [0.25, 0.3) is 5.69 Å². The van der Waals surface area contributed by atoms with Gasteiger partial charge in [0.2, 0.25) is 5.91 Å². The lowest BCUT2D eigenvalue weighted by Gasteiger charge is -2.20. The van der Waals surface area contributed by atoms with E-state index in [0.717, 1.165) is 16.3 Å². The van der Waals surface area contributed by atoms with Gasteiger partial charge in [-0.25, -0.2) is 13.5 Å². The monoisotopic (exact) mass is 419 g/mol. The molecule has 7 nitrogen and oxygen atoms in total. The molecule has 2 aromatic rings. The predicted molar refractivity (Wildman–Crippen MR) is 109 cm³/mol. The molecule has 3 rings (SSSR count). The number of hydrogen-bond donors (Lipinski definition) is 2. The van der Waals surface area contributed by atoms with Gasteiger partial charge in [0.05, 0.1) is 35.7 Å². The van der Waals surface area contributed by atoms with Crippen LogP contribution in [-0.2, 0) is 4.79 Å². The van der Waals surface area contributed by atoms with Gasteiger partial charge >= 0.3 is 0 Å². The van der Waals surface area contributed by atoms with E-state index in [2.05, 4.69) is 10.4 Å². The maximum absolute atomic E-state index is 13.2. The Morgan fingerprint density at radius 1 is 1.27 bits per heavy atom. The first-order chi connectivity index (χ1) is 14.3. The Bertz CT molecular complexity index is 885. The van der Waals surface area contributed by atoms with Gasteiger partial charge in [-0.3, -0.25) is 9.59 Å². The van der Waals surface area contributed by atoms with Crippen molar-refractivity contribution >= 4 is 11.8 Å². The predicted octanol–water partition coefficient (Wildman–Crippen LogP) is 2.28. The quantitative estimate of drug-likeness (QED) is 0.642. The molecule has 30 heavy (non-hydrogen) atoms. The molecule has 1 fully saturated rings. The maximum atomic E-state index is 13.2. The smallest absolute Gasteiger partial charge is 0.267 e. The summed E-state index contributed by atoms with van der Waals surface area (Å²) in [4.78, 5) is 25.7. The van der Waals surface area contributed by atoms with Gasteiger partial charge in [0.15, 0.2) is 0 Å². The van der Waals surface area contributed by atoms with Crippen molar-refractivity contribution in [3.63, 3.8) is 0 Å². The van der Waals surface area contributed by atoms with E-state index in [1.807, 2.05) is 37.3 Å². The molecule has 2 heterocycles. The van der Waals surface area contributed by atoms with E-state index in [1.54, 1.807) is 4.68 Å². The number of benzene rings is 1. The Kier molecular flexibility index (Phi) is 6.81. The molecule has 2 amide bonds. The fraction of sp³-hybridized carbons (Fsp3) is 0.476.